The molecule has 0 unspecified atom stereocenters. The van der Waals surface area contributed by atoms with Gasteiger partial charge in [0.2, 0.25) is 0 Å². The molecule has 6 nitrogen and oxygen atoms in total. The Morgan fingerprint density at radius 2 is 1.81 bits per heavy atom. The van der Waals surface area contributed by atoms with Crippen molar-refractivity contribution in [3.8, 4) is 5.69 Å². The highest BCUT2D eigenvalue weighted by Gasteiger charge is 2.33. The molecule has 1 N–H and O–H groups in total. The van der Waals surface area contributed by atoms with Gasteiger partial charge in [0.15, 0.2) is 5.69 Å². The van der Waals surface area contributed by atoms with Crippen LogP contribution in [0.15, 0.2) is 58.2 Å². The molecular formula is C15H9BrClF3N4O2S. The molecule has 2 heterocycles. The van der Waals surface area contributed by atoms with Crippen molar-refractivity contribution in [1.29, 1.82) is 0 Å². The number of aromatic nitrogens is 3. The molecule has 0 fully saturated rings. The largest absolute Gasteiger partial charge is 0.435 e. The molecule has 0 bridgehead atoms. The minimum atomic E-state index is -4.54. The molecule has 3 aromatic rings. The molecule has 0 aliphatic carbocycles. The molecule has 0 spiro atoms. The van der Waals surface area contributed by atoms with Crippen LogP contribution in [0, 0.1) is 0 Å². The van der Waals surface area contributed by atoms with Crippen LogP contribution in [0.1, 0.15) is 5.69 Å². The summed E-state index contributed by atoms with van der Waals surface area (Å²) < 4.78 is 66.3. The van der Waals surface area contributed by atoms with E-state index in [1.165, 1.54) is 36.5 Å². The Balaban J connectivity index is 1.81. The topological polar surface area (TPSA) is 76.9 Å². The number of nitrogens with zero attached hydrogens (tertiary/aromatic N) is 3. The zero-order chi connectivity index (χ0) is 19.8. The number of hydrogen-bond donors (Lipinski definition) is 1. The summed E-state index contributed by atoms with van der Waals surface area (Å²) in [4.78, 5) is 3.65. The maximum Gasteiger partial charge on any atom is 0.435 e. The predicted molar refractivity (Wildman–Crippen MR) is 96.3 cm³/mol. The molecular weight excluding hydrogens is 473 g/mol. The van der Waals surface area contributed by atoms with Gasteiger partial charge in [-0.15, -0.1) is 0 Å². The SMILES string of the molecule is O=S(=O)(Nc1ccc(-n2ccc(C(F)(F)F)n2)cc1)c1cnc(Cl)c(Br)c1. The van der Waals surface area contributed by atoms with Crippen molar-refractivity contribution in [1.82, 2.24) is 14.8 Å². The van der Waals surface area contributed by atoms with E-state index in [2.05, 4.69) is 30.7 Å². The van der Waals surface area contributed by atoms with E-state index < -0.39 is 21.9 Å². The Morgan fingerprint density at radius 3 is 2.37 bits per heavy atom. The summed E-state index contributed by atoms with van der Waals surface area (Å²) in [5.74, 6) is 0. The van der Waals surface area contributed by atoms with Crippen LogP contribution in [0.2, 0.25) is 5.15 Å². The zero-order valence-corrected chi connectivity index (χ0v) is 16.2. The molecule has 3 rings (SSSR count). The van der Waals surface area contributed by atoms with Gasteiger partial charge in [0.1, 0.15) is 10.0 Å². The Morgan fingerprint density at radius 1 is 1.15 bits per heavy atom. The van der Waals surface area contributed by atoms with Crippen molar-refractivity contribution in [2.75, 3.05) is 4.72 Å². The van der Waals surface area contributed by atoms with Crippen molar-refractivity contribution < 1.29 is 21.6 Å². The summed E-state index contributed by atoms with van der Waals surface area (Å²) in [6, 6.07) is 7.82. The molecule has 2 aromatic heterocycles. The lowest BCUT2D eigenvalue weighted by molar-refractivity contribution is -0.141. The number of sulfonamides is 1. The third-order valence-electron chi connectivity index (χ3n) is 3.35. The minimum Gasteiger partial charge on any atom is -0.280 e. The van der Waals surface area contributed by atoms with Gasteiger partial charge in [0, 0.05) is 18.1 Å². The minimum absolute atomic E-state index is 0.107. The molecule has 0 amide bonds. The lowest BCUT2D eigenvalue weighted by Crippen LogP contribution is -2.13. The van der Waals surface area contributed by atoms with Crippen molar-refractivity contribution in [2.24, 2.45) is 0 Å². The Hall–Kier alpha value is -2.11. The molecule has 0 aliphatic rings. The van der Waals surface area contributed by atoms with E-state index in [4.69, 9.17) is 11.6 Å². The van der Waals surface area contributed by atoms with Gasteiger partial charge in [-0.25, -0.2) is 18.1 Å². The number of hydrogen-bond acceptors (Lipinski definition) is 4. The van der Waals surface area contributed by atoms with Gasteiger partial charge < -0.3 is 0 Å². The smallest absolute Gasteiger partial charge is 0.280 e. The van der Waals surface area contributed by atoms with E-state index in [1.807, 2.05) is 0 Å². The molecule has 1 aromatic carbocycles. The molecule has 0 radical (unpaired) electrons. The van der Waals surface area contributed by atoms with Crippen LogP contribution in [0.3, 0.4) is 0 Å². The Kier molecular flexibility index (Phi) is 5.19. The number of nitrogens with one attached hydrogen (secondary N) is 1. The van der Waals surface area contributed by atoms with E-state index in [0.29, 0.717) is 10.2 Å². The third kappa shape index (κ3) is 4.42. The average molecular weight is 482 g/mol. The van der Waals surface area contributed by atoms with Crippen LogP contribution < -0.4 is 4.72 Å². The molecule has 27 heavy (non-hydrogen) atoms. The number of benzene rings is 1. The highest BCUT2D eigenvalue weighted by Crippen LogP contribution is 2.28. The fourth-order valence-electron chi connectivity index (χ4n) is 2.07. The number of alkyl halides is 3. The first-order chi connectivity index (χ1) is 12.6. The summed E-state index contributed by atoms with van der Waals surface area (Å²) in [5, 5.41) is 3.57. The van der Waals surface area contributed by atoms with E-state index in [0.717, 1.165) is 16.9 Å². The first kappa shape index (κ1) is 19.6. The predicted octanol–water partition coefficient (Wildman–Crippen LogP) is 4.50. The summed E-state index contributed by atoms with van der Waals surface area (Å²) in [5.41, 5.74) is -0.467. The standard InChI is InChI=1S/C15H9BrClF3N4O2S/c16-12-7-11(8-21-14(12)17)27(25,26)23-9-1-3-10(4-2-9)24-6-5-13(22-24)15(18,19)20/h1-8,23H. The first-order valence-corrected chi connectivity index (χ1v) is 9.79. The van der Waals surface area contributed by atoms with Crippen molar-refractivity contribution in [3.05, 3.63) is 64.1 Å². The fraction of sp³-hybridized carbons (Fsp3) is 0.0667. The highest BCUT2D eigenvalue weighted by atomic mass is 79.9. The summed E-state index contributed by atoms with van der Waals surface area (Å²) in [6.07, 6.45) is -2.27. The molecule has 0 saturated carbocycles. The molecule has 142 valence electrons. The van der Waals surface area contributed by atoms with E-state index in [-0.39, 0.29) is 15.7 Å². The fourth-order valence-corrected chi connectivity index (χ4v) is 3.70. The van der Waals surface area contributed by atoms with Gasteiger partial charge >= 0.3 is 6.18 Å². The van der Waals surface area contributed by atoms with Crippen LogP contribution in [0.5, 0.6) is 0 Å². The maximum absolute atomic E-state index is 12.6. The molecule has 12 heteroatoms. The lowest BCUT2D eigenvalue weighted by atomic mass is 10.3. The second kappa shape index (κ2) is 7.13. The molecule has 0 atom stereocenters. The third-order valence-corrected chi connectivity index (χ3v) is 5.83. The van der Waals surface area contributed by atoms with Gasteiger partial charge in [-0.3, -0.25) is 4.72 Å². The zero-order valence-electron chi connectivity index (χ0n) is 13.1. The van der Waals surface area contributed by atoms with Gasteiger partial charge in [-0.1, -0.05) is 11.6 Å². The van der Waals surface area contributed by atoms with Gasteiger partial charge in [-0.2, -0.15) is 18.3 Å². The summed E-state index contributed by atoms with van der Waals surface area (Å²) >= 11 is 8.84. The second-order valence-corrected chi connectivity index (χ2v) is 8.13. The maximum atomic E-state index is 12.6. The van der Waals surface area contributed by atoms with Crippen molar-refractivity contribution in [2.45, 2.75) is 11.1 Å². The van der Waals surface area contributed by atoms with Crippen LogP contribution >= 0.6 is 27.5 Å². The number of anilines is 1. The quantitative estimate of drug-likeness (QED) is 0.557. The van der Waals surface area contributed by atoms with Gasteiger partial charge in [0.25, 0.3) is 10.0 Å². The normalized spacial score (nSPS) is 12.2. The number of rotatable bonds is 4. The highest BCUT2D eigenvalue weighted by molar-refractivity contribution is 9.10. The monoisotopic (exact) mass is 480 g/mol. The van der Waals surface area contributed by atoms with Crippen molar-refractivity contribution in [3.63, 3.8) is 0 Å². The van der Waals surface area contributed by atoms with E-state index in [9.17, 15) is 21.6 Å². The Bertz CT molecular complexity index is 1090. The number of halogens is 5. The number of pyridine rings is 1. The van der Waals surface area contributed by atoms with Crippen LogP contribution in [-0.4, -0.2) is 23.2 Å². The van der Waals surface area contributed by atoms with Crippen LogP contribution in [0.25, 0.3) is 5.69 Å². The van der Waals surface area contributed by atoms with Crippen LogP contribution in [0.4, 0.5) is 18.9 Å². The summed E-state index contributed by atoms with van der Waals surface area (Å²) in [6.45, 7) is 0. The van der Waals surface area contributed by atoms with Crippen LogP contribution in [-0.2, 0) is 16.2 Å². The second-order valence-electron chi connectivity index (χ2n) is 5.24. The van der Waals surface area contributed by atoms with E-state index in [1.54, 1.807) is 0 Å². The molecule has 0 aliphatic heterocycles. The summed E-state index contributed by atoms with van der Waals surface area (Å²) in [7, 11) is -3.92. The molecule has 0 saturated heterocycles. The van der Waals surface area contributed by atoms with Gasteiger partial charge in [-0.05, 0) is 52.3 Å². The van der Waals surface area contributed by atoms with Gasteiger partial charge in [0.05, 0.1) is 10.2 Å². The van der Waals surface area contributed by atoms with Crippen molar-refractivity contribution >= 4 is 43.2 Å². The van der Waals surface area contributed by atoms with E-state index >= 15 is 0 Å². The first-order valence-electron chi connectivity index (χ1n) is 7.13. The average Bonchev–Trinajstić information content (AvgIpc) is 3.08. The lowest BCUT2D eigenvalue weighted by Gasteiger charge is -2.09. The Labute approximate surface area is 165 Å².